The number of aryl methyl sites for hydroxylation is 1. The highest BCUT2D eigenvalue weighted by molar-refractivity contribution is 7.91. The number of carbonyl (C=O) groups excluding carboxylic acids is 4. The number of nitrogens with zero attached hydrogens (tertiary/aromatic N) is 3. The minimum atomic E-state index is -4.01. The Morgan fingerprint density at radius 1 is 0.932 bits per heavy atom. The smallest absolute Gasteiger partial charge is 0.408 e. The van der Waals surface area contributed by atoms with E-state index in [1.54, 1.807) is 20.1 Å². The van der Waals surface area contributed by atoms with Gasteiger partial charge in [0.1, 0.15) is 41.3 Å². The number of benzene rings is 1. The Balaban J connectivity index is 1.15. The molecule has 3 N–H and O–H groups in total. The second kappa shape index (κ2) is 16.9. The summed E-state index contributed by atoms with van der Waals surface area (Å²) in [5.74, 6) is -1.10. The molecule has 0 spiro atoms. The summed E-state index contributed by atoms with van der Waals surface area (Å²) in [6.07, 6.45) is 14.4. The van der Waals surface area contributed by atoms with Gasteiger partial charge in [0, 0.05) is 18.4 Å². The van der Waals surface area contributed by atoms with Gasteiger partial charge in [-0.1, -0.05) is 37.8 Å². The fraction of sp³-hybridized carbons (Fsp3) is 0.674. The van der Waals surface area contributed by atoms with Crippen molar-refractivity contribution in [3.05, 3.63) is 36.0 Å². The number of fused-ring (bicyclic) bond motifs is 6. The number of methoxy groups -OCH3 is 1. The molecule has 1 aromatic carbocycles. The maximum Gasteiger partial charge on any atom is 0.408 e. The van der Waals surface area contributed by atoms with E-state index in [0.29, 0.717) is 73.3 Å². The van der Waals surface area contributed by atoms with E-state index in [0.717, 1.165) is 57.8 Å². The first kappa shape index (κ1) is 41.3. The molecule has 1 saturated heterocycles. The van der Waals surface area contributed by atoms with Gasteiger partial charge in [0.2, 0.25) is 27.7 Å². The van der Waals surface area contributed by atoms with Gasteiger partial charge in [-0.15, -0.1) is 0 Å². The van der Waals surface area contributed by atoms with Gasteiger partial charge in [-0.25, -0.2) is 23.2 Å². The van der Waals surface area contributed by atoms with Crippen LogP contribution < -0.4 is 24.8 Å². The lowest BCUT2D eigenvalue weighted by Crippen LogP contribution is -2.70. The van der Waals surface area contributed by atoms with Crippen molar-refractivity contribution in [3.8, 4) is 11.6 Å². The second-order valence-electron chi connectivity index (χ2n) is 17.8. The third-order valence-corrected chi connectivity index (χ3v) is 15.9. The first-order valence-electron chi connectivity index (χ1n) is 21.7. The molecule has 7 atom stereocenters. The molecule has 15 nitrogen and oxygen atoms in total. The van der Waals surface area contributed by atoms with Crippen molar-refractivity contribution in [3.63, 3.8) is 0 Å². The Labute approximate surface area is 346 Å². The van der Waals surface area contributed by atoms with Gasteiger partial charge < -0.3 is 29.7 Å². The number of hydrogen-bond donors (Lipinski definition) is 3. The van der Waals surface area contributed by atoms with E-state index in [1.165, 1.54) is 4.90 Å². The van der Waals surface area contributed by atoms with E-state index < -0.39 is 68.2 Å². The minimum Gasteiger partial charge on any atom is -0.497 e. The molecule has 4 fully saturated rings. The average Bonchev–Trinajstić information content (AvgIpc) is 3.61. The number of hydrogen-bond acceptors (Lipinski definition) is 11. The number of alkyl carbamates (subject to hydrolysis) is 1. The molecule has 1 aromatic heterocycles. The van der Waals surface area contributed by atoms with Crippen LogP contribution in [0.5, 0.6) is 11.6 Å². The molecule has 2 aromatic rings. The number of carbonyl (C=O) groups is 4. The monoisotopic (exact) mass is 834 g/mol. The average molecular weight is 835 g/mol. The van der Waals surface area contributed by atoms with Gasteiger partial charge in [-0.2, -0.15) is 0 Å². The standard InChI is InChI=1S/C43H58N6O9S/c1-42(22-23-42)59(54,55)48-40(52)43-21-20-28(43)14-8-4-3-5-9-16-33-39(51)49-26-30(25-35(49)37(50)47-43)57-38-32(44-31-19-18-29(56-2)24-34(31)45-38)15-10-6-7-12-27-13-11-17-36(27)58-41(53)46-33/h8,14,18-19,24,27-28,30,33,35-36H,3-7,9-13,15-17,20-23,25-26H2,1-2H3,(H,46,53)(H,47,50)(H,48,52). The summed E-state index contributed by atoms with van der Waals surface area (Å²) in [5.41, 5.74) is 0.413. The van der Waals surface area contributed by atoms with Crippen molar-refractivity contribution in [2.45, 2.75) is 157 Å². The number of aromatic nitrogens is 2. The van der Waals surface area contributed by atoms with Crippen LogP contribution in [0.25, 0.3) is 11.0 Å². The molecule has 6 aliphatic rings. The molecule has 3 bridgehead atoms. The summed E-state index contributed by atoms with van der Waals surface area (Å²) in [6.45, 7) is 1.61. The third kappa shape index (κ3) is 8.60. The summed E-state index contributed by atoms with van der Waals surface area (Å²) >= 11 is 0. The lowest BCUT2D eigenvalue weighted by molar-refractivity contribution is -0.144. The molecule has 4 amide bonds. The summed E-state index contributed by atoms with van der Waals surface area (Å²) in [4.78, 5) is 68.6. The summed E-state index contributed by atoms with van der Waals surface area (Å²) in [5, 5.41) is 5.89. The quantitative estimate of drug-likeness (QED) is 0.345. The van der Waals surface area contributed by atoms with E-state index in [4.69, 9.17) is 24.2 Å². The molecule has 4 heterocycles. The minimum absolute atomic E-state index is 0.00137. The third-order valence-electron chi connectivity index (χ3n) is 13.8. The lowest BCUT2D eigenvalue weighted by atomic mass is 9.65. The number of allylic oxidation sites excluding steroid dienone is 1. The highest BCUT2D eigenvalue weighted by Gasteiger charge is 2.58. The van der Waals surface area contributed by atoms with Gasteiger partial charge in [-0.05, 0) is 108 Å². The van der Waals surface area contributed by atoms with Crippen LogP contribution in [0, 0.1) is 11.8 Å². The Morgan fingerprint density at radius 2 is 1.73 bits per heavy atom. The van der Waals surface area contributed by atoms with Crippen molar-refractivity contribution in [2.75, 3.05) is 13.7 Å². The van der Waals surface area contributed by atoms with Crippen LogP contribution in [-0.2, 0) is 35.6 Å². The molecule has 59 heavy (non-hydrogen) atoms. The number of rotatable bonds is 4. The van der Waals surface area contributed by atoms with Crippen molar-refractivity contribution < 1.29 is 41.8 Å². The highest BCUT2D eigenvalue weighted by atomic mass is 32.2. The van der Waals surface area contributed by atoms with Crippen LogP contribution in [0.2, 0.25) is 0 Å². The SMILES string of the molecule is COc1ccc2nc3c(nc2c1)OC1CC2C(=O)NC4(C(=O)NS(=O)(=O)C5(C)CC5)CCC4C=CCCCCCC(NC(=O)OC4CCCC4CCCCC3)C(=O)N2C1. The summed E-state index contributed by atoms with van der Waals surface area (Å²) in [6, 6.07) is 3.41. The van der Waals surface area contributed by atoms with Gasteiger partial charge in [0.15, 0.2) is 0 Å². The number of sulfonamides is 1. The molecule has 0 radical (unpaired) electrons. The Hall–Kier alpha value is -4.47. The number of nitrogens with one attached hydrogen (secondary N) is 3. The molecule has 7 unspecified atom stereocenters. The van der Waals surface area contributed by atoms with Crippen LogP contribution in [0.15, 0.2) is 30.4 Å². The predicted molar refractivity (Wildman–Crippen MR) is 218 cm³/mol. The fourth-order valence-electron chi connectivity index (χ4n) is 9.59. The van der Waals surface area contributed by atoms with E-state index in [2.05, 4.69) is 15.4 Å². The molecular weight excluding hydrogens is 777 g/mol. The zero-order chi connectivity index (χ0) is 41.4. The van der Waals surface area contributed by atoms with Crippen molar-refractivity contribution in [1.29, 1.82) is 0 Å². The lowest BCUT2D eigenvalue weighted by Gasteiger charge is -2.47. The topological polar surface area (TPSA) is 195 Å². The van der Waals surface area contributed by atoms with Crippen LogP contribution in [0.1, 0.15) is 122 Å². The zero-order valence-electron chi connectivity index (χ0n) is 34.2. The maximum absolute atomic E-state index is 14.8. The molecule has 3 saturated carbocycles. The van der Waals surface area contributed by atoms with Crippen molar-refractivity contribution in [1.82, 2.24) is 30.2 Å². The van der Waals surface area contributed by atoms with Crippen LogP contribution in [-0.4, -0.2) is 95.3 Å². The first-order chi connectivity index (χ1) is 28.4. The van der Waals surface area contributed by atoms with Crippen molar-refractivity contribution in [2.24, 2.45) is 11.8 Å². The number of amides is 4. The largest absolute Gasteiger partial charge is 0.497 e. The van der Waals surface area contributed by atoms with Crippen LogP contribution >= 0.6 is 0 Å². The predicted octanol–water partition coefficient (Wildman–Crippen LogP) is 5.15. The van der Waals surface area contributed by atoms with Gasteiger partial charge in [-0.3, -0.25) is 19.1 Å². The summed E-state index contributed by atoms with van der Waals surface area (Å²) in [7, 11) is -2.42. The normalized spacial score (nSPS) is 31.6. The second-order valence-corrected chi connectivity index (χ2v) is 20.0. The van der Waals surface area contributed by atoms with Crippen LogP contribution in [0.4, 0.5) is 4.79 Å². The van der Waals surface area contributed by atoms with E-state index in [9.17, 15) is 27.6 Å². The van der Waals surface area contributed by atoms with Gasteiger partial charge in [0.05, 0.1) is 29.4 Å². The molecule has 3 aliphatic carbocycles. The molecule has 3 aliphatic heterocycles. The summed E-state index contributed by atoms with van der Waals surface area (Å²) < 4.78 is 46.1. The Kier molecular flexibility index (Phi) is 11.8. The zero-order valence-corrected chi connectivity index (χ0v) is 35.0. The Morgan fingerprint density at radius 3 is 2.51 bits per heavy atom. The van der Waals surface area contributed by atoms with E-state index >= 15 is 0 Å². The van der Waals surface area contributed by atoms with Crippen LogP contribution in [0.3, 0.4) is 0 Å². The fourth-order valence-corrected chi connectivity index (χ4v) is 10.9. The van der Waals surface area contributed by atoms with E-state index in [1.807, 2.05) is 24.3 Å². The Bertz CT molecular complexity index is 2090. The molecule has 16 heteroatoms. The van der Waals surface area contributed by atoms with Gasteiger partial charge >= 0.3 is 6.09 Å². The van der Waals surface area contributed by atoms with Crippen molar-refractivity contribution >= 4 is 44.9 Å². The van der Waals surface area contributed by atoms with Gasteiger partial charge in [0.25, 0.3) is 5.91 Å². The molecule has 320 valence electrons. The molecular formula is C43H58N6O9S. The molecule has 8 rings (SSSR count). The maximum atomic E-state index is 14.8. The first-order valence-corrected chi connectivity index (χ1v) is 23.2. The highest BCUT2D eigenvalue weighted by Crippen LogP contribution is 2.45. The number of ether oxygens (including phenoxy) is 3. The van der Waals surface area contributed by atoms with E-state index in [-0.39, 0.29) is 31.4 Å².